The average molecular weight is 360 g/mol. The highest BCUT2D eigenvalue weighted by Gasteiger charge is 2.06. The molecule has 1 aromatic heterocycles. The molecule has 0 amide bonds. The van der Waals surface area contributed by atoms with Crippen molar-refractivity contribution in [1.29, 1.82) is 0 Å². The van der Waals surface area contributed by atoms with Crippen LogP contribution < -0.4 is 5.43 Å². The number of nitrogens with one attached hydrogen (secondary N) is 1. The molecule has 1 N–H and O–H groups in total. The van der Waals surface area contributed by atoms with E-state index in [0.29, 0.717) is 16.6 Å². The van der Waals surface area contributed by atoms with Crippen LogP contribution in [0.4, 0.5) is 0 Å². The molecule has 0 aliphatic heterocycles. The fraction of sp³-hybridized carbons (Fsp3) is 0.211. The summed E-state index contributed by atoms with van der Waals surface area (Å²) in [6.07, 6.45) is 5.08. The number of hydrazone groups is 1. The van der Waals surface area contributed by atoms with Gasteiger partial charge in [-0.25, -0.2) is 0 Å². The van der Waals surface area contributed by atoms with Crippen molar-refractivity contribution in [2.24, 2.45) is 5.10 Å². The lowest BCUT2D eigenvalue weighted by Gasteiger charge is -2.05. The number of benzene rings is 2. The molecule has 1 heterocycles. The van der Waals surface area contributed by atoms with Crippen molar-refractivity contribution in [3.05, 3.63) is 69.8 Å². The summed E-state index contributed by atoms with van der Waals surface area (Å²) >= 11 is 12.3. The van der Waals surface area contributed by atoms with E-state index < -0.39 is 0 Å². The van der Waals surface area contributed by atoms with Crippen molar-refractivity contribution in [2.45, 2.75) is 26.4 Å². The Labute approximate surface area is 151 Å². The van der Waals surface area contributed by atoms with E-state index in [9.17, 15) is 0 Å². The molecule has 0 saturated heterocycles. The lowest BCUT2D eigenvalue weighted by atomic mass is 10.2. The zero-order valence-electron chi connectivity index (χ0n) is 13.5. The second-order valence-corrected chi connectivity index (χ2v) is 6.40. The maximum atomic E-state index is 6.16. The van der Waals surface area contributed by atoms with Gasteiger partial charge >= 0.3 is 0 Å². The summed E-state index contributed by atoms with van der Waals surface area (Å²) in [7, 11) is 0. The molecule has 0 atom stereocenters. The first-order valence-electron chi connectivity index (χ1n) is 7.97. The number of aromatic nitrogens is 1. The third-order valence-corrected chi connectivity index (χ3v) is 4.60. The molecule has 5 heteroatoms. The molecular weight excluding hydrogens is 341 g/mol. The highest BCUT2D eigenvalue weighted by Crippen LogP contribution is 2.24. The topological polar surface area (TPSA) is 29.3 Å². The molecular formula is C19H19Cl2N3. The summed E-state index contributed by atoms with van der Waals surface area (Å²) in [4.78, 5) is 0. The van der Waals surface area contributed by atoms with Crippen LogP contribution in [0.15, 0.2) is 53.8 Å². The fourth-order valence-corrected chi connectivity index (χ4v) is 3.28. The normalized spacial score (nSPS) is 11.5. The molecule has 0 bridgehead atoms. The number of para-hydroxylation sites is 1. The monoisotopic (exact) mass is 359 g/mol. The number of aryl methyl sites for hydroxylation is 1. The Balaban J connectivity index is 1.76. The Morgan fingerprint density at radius 1 is 1.08 bits per heavy atom. The Morgan fingerprint density at radius 2 is 1.83 bits per heavy atom. The molecule has 0 unspecified atom stereocenters. The predicted octanol–water partition coefficient (Wildman–Crippen LogP) is 5.48. The van der Waals surface area contributed by atoms with E-state index >= 15 is 0 Å². The van der Waals surface area contributed by atoms with Crippen LogP contribution in [0.5, 0.6) is 0 Å². The Hall–Kier alpha value is -1.97. The molecule has 2 aromatic carbocycles. The van der Waals surface area contributed by atoms with Crippen molar-refractivity contribution in [2.75, 3.05) is 0 Å². The molecule has 3 rings (SSSR count). The number of hydrogen-bond acceptors (Lipinski definition) is 2. The van der Waals surface area contributed by atoms with E-state index in [1.807, 2.05) is 30.5 Å². The Morgan fingerprint density at radius 3 is 2.58 bits per heavy atom. The van der Waals surface area contributed by atoms with Gasteiger partial charge in [0.15, 0.2) is 0 Å². The minimum atomic E-state index is 0.489. The lowest BCUT2D eigenvalue weighted by molar-refractivity contribution is 0.703. The summed E-state index contributed by atoms with van der Waals surface area (Å²) < 4.78 is 2.27. The third-order valence-electron chi connectivity index (χ3n) is 3.90. The molecule has 0 aliphatic carbocycles. The summed E-state index contributed by atoms with van der Waals surface area (Å²) in [6, 6.07) is 13.9. The molecule has 24 heavy (non-hydrogen) atoms. The van der Waals surface area contributed by atoms with Gasteiger partial charge in [-0.15, -0.1) is 0 Å². The first-order valence-corrected chi connectivity index (χ1v) is 8.73. The number of fused-ring (bicyclic) bond motifs is 1. The smallest absolute Gasteiger partial charge is 0.0609 e. The van der Waals surface area contributed by atoms with Crippen molar-refractivity contribution in [1.82, 2.24) is 9.99 Å². The zero-order chi connectivity index (χ0) is 16.9. The van der Waals surface area contributed by atoms with Gasteiger partial charge in [-0.1, -0.05) is 54.4 Å². The molecule has 3 nitrogen and oxygen atoms in total. The zero-order valence-corrected chi connectivity index (χ0v) is 15.0. The van der Waals surface area contributed by atoms with Crippen LogP contribution in [-0.4, -0.2) is 10.8 Å². The molecule has 0 fully saturated rings. The van der Waals surface area contributed by atoms with E-state index in [0.717, 1.165) is 24.1 Å². The Kier molecular flexibility index (Phi) is 5.44. The first-order chi connectivity index (χ1) is 11.7. The van der Waals surface area contributed by atoms with Gasteiger partial charge < -0.3 is 9.99 Å². The summed E-state index contributed by atoms with van der Waals surface area (Å²) in [5.74, 6) is 0. The van der Waals surface area contributed by atoms with Crippen LogP contribution >= 0.6 is 23.2 Å². The quantitative estimate of drug-likeness (QED) is 0.458. The van der Waals surface area contributed by atoms with E-state index in [1.54, 1.807) is 0 Å². The van der Waals surface area contributed by atoms with Gasteiger partial charge in [0.05, 0.1) is 12.8 Å². The van der Waals surface area contributed by atoms with Gasteiger partial charge in [-0.3, -0.25) is 0 Å². The van der Waals surface area contributed by atoms with Crippen molar-refractivity contribution in [3.8, 4) is 0 Å². The van der Waals surface area contributed by atoms with E-state index in [2.05, 4.69) is 46.4 Å². The van der Waals surface area contributed by atoms with E-state index in [4.69, 9.17) is 23.2 Å². The van der Waals surface area contributed by atoms with Crippen molar-refractivity contribution < 1.29 is 0 Å². The predicted molar refractivity (Wildman–Crippen MR) is 103 cm³/mol. The maximum absolute atomic E-state index is 6.16. The molecule has 0 radical (unpaired) electrons. The average Bonchev–Trinajstić information content (AvgIpc) is 2.92. The van der Waals surface area contributed by atoms with Crippen molar-refractivity contribution >= 4 is 40.3 Å². The fourth-order valence-electron chi connectivity index (χ4n) is 2.75. The summed E-state index contributed by atoms with van der Waals surface area (Å²) in [6.45, 7) is 3.66. The maximum Gasteiger partial charge on any atom is 0.0609 e. The van der Waals surface area contributed by atoms with Crippen LogP contribution in [0.1, 0.15) is 24.5 Å². The van der Waals surface area contributed by atoms with Crippen LogP contribution in [-0.2, 0) is 13.1 Å². The summed E-state index contributed by atoms with van der Waals surface area (Å²) in [5.41, 5.74) is 6.21. The molecule has 3 aromatic rings. The Bertz CT molecular complexity index is 848. The largest absolute Gasteiger partial charge is 0.347 e. The SMILES string of the molecule is CCCn1cc(/C=N/NCc2c(Cl)cccc2Cl)c2ccccc21. The highest BCUT2D eigenvalue weighted by molar-refractivity contribution is 6.35. The van der Waals surface area contributed by atoms with Gasteiger partial charge in [0.1, 0.15) is 0 Å². The number of nitrogens with zero attached hydrogens (tertiary/aromatic N) is 2. The second kappa shape index (κ2) is 7.73. The van der Waals surface area contributed by atoms with Gasteiger partial charge in [0.2, 0.25) is 0 Å². The molecule has 0 spiro atoms. The molecule has 0 saturated carbocycles. The van der Waals surface area contributed by atoms with Crippen LogP contribution in [0, 0.1) is 0 Å². The van der Waals surface area contributed by atoms with Gasteiger partial charge in [0, 0.05) is 44.8 Å². The van der Waals surface area contributed by atoms with Crippen LogP contribution in [0.25, 0.3) is 10.9 Å². The van der Waals surface area contributed by atoms with Gasteiger partial charge in [0.25, 0.3) is 0 Å². The molecule has 124 valence electrons. The number of halogens is 2. The van der Waals surface area contributed by atoms with Gasteiger partial charge in [-0.05, 0) is 24.6 Å². The summed E-state index contributed by atoms with van der Waals surface area (Å²) in [5, 5.41) is 6.82. The highest BCUT2D eigenvalue weighted by atomic mass is 35.5. The van der Waals surface area contributed by atoms with Crippen molar-refractivity contribution in [3.63, 3.8) is 0 Å². The standard InChI is InChI=1S/C19H19Cl2N3/c1-2-10-24-13-14(15-6-3-4-9-19(15)24)11-22-23-12-16-17(20)7-5-8-18(16)21/h3-9,11,13,23H,2,10,12H2,1H3/b22-11+. The van der Waals surface area contributed by atoms with E-state index in [-0.39, 0.29) is 0 Å². The number of rotatable bonds is 6. The lowest BCUT2D eigenvalue weighted by Crippen LogP contribution is -2.06. The number of hydrogen-bond donors (Lipinski definition) is 1. The van der Waals surface area contributed by atoms with Crippen LogP contribution in [0.2, 0.25) is 10.0 Å². The minimum Gasteiger partial charge on any atom is -0.347 e. The van der Waals surface area contributed by atoms with E-state index in [1.165, 1.54) is 10.9 Å². The minimum absolute atomic E-state index is 0.489. The first kappa shape index (κ1) is 16.9. The third kappa shape index (κ3) is 3.58. The second-order valence-electron chi connectivity index (χ2n) is 5.59. The van der Waals surface area contributed by atoms with Gasteiger partial charge in [-0.2, -0.15) is 5.10 Å². The van der Waals surface area contributed by atoms with Crippen LogP contribution in [0.3, 0.4) is 0 Å². The molecule has 0 aliphatic rings.